The zero-order valence-corrected chi connectivity index (χ0v) is 9.78. The van der Waals surface area contributed by atoms with Crippen LogP contribution in [0.1, 0.15) is 6.92 Å². The molecule has 0 spiro atoms. The van der Waals surface area contributed by atoms with E-state index in [1.165, 1.54) is 0 Å². The Hall–Kier alpha value is -0.0301. The Morgan fingerprint density at radius 2 is 1.46 bits per heavy atom. The molecule has 0 amide bonds. The SMILES string of the molecule is CCN(C)B(B(N)N(C)C)N(C)C. The van der Waals surface area contributed by atoms with Crippen LogP contribution in [0, 0.1) is 0 Å². The minimum Gasteiger partial charge on any atom is -0.359 e. The predicted molar refractivity (Wildman–Crippen MR) is 61.4 cm³/mol. The van der Waals surface area contributed by atoms with Crippen LogP contribution in [-0.2, 0) is 0 Å². The zero-order chi connectivity index (χ0) is 10.6. The van der Waals surface area contributed by atoms with Crippen LogP contribution in [0.5, 0.6) is 0 Å². The lowest BCUT2D eigenvalue weighted by molar-refractivity contribution is 0.481. The van der Waals surface area contributed by atoms with Crippen LogP contribution in [0.15, 0.2) is 0 Å². The number of nitrogens with zero attached hydrogens (tertiary/aromatic N) is 3. The molecule has 0 unspecified atom stereocenters. The molecule has 0 radical (unpaired) electrons. The highest BCUT2D eigenvalue weighted by Crippen LogP contribution is 1.97. The van der Waals surface area contributed by atoms with E-state index in [9.17, 15) is 0 Å². The van der Waals surface area contributed by atoms with E-state index < -0.39 is 0 Å². The molecule has 0 aliphatic carbocycles. The van der Waals surface area contributed by atoms with Crippen molar-refractivity contribution in [2.45, 2.75) is 6.92 Å². The molecule has 0 aromatic carbocycles. The standard InChI is InChI=1S/C7H22B2N4/c1-7-13(6)9(12(4)5)8(10)11(2)3/h7,10H2,1-6H3. The Balaban J connectivity index is 4.41. The van der Waals surface area contributed by atoms with Gasteiger partial charge in [-0.2, -0.15) is 0 Å². The summed E-state index contributed by atoms with van der Waals surface area (Å²) in [5, 5.41) is 0. The van der Waals surface area contributed by atoms with E-state index in [0.717, 1.165) is 6.54 Å². The Kier molecular flexibility index (Phi) is 5.63. The molecule has 0 aliphatic rings. The molecule has 76 valence electrons. The van der Waals surface area contributed by atoms with Gasteiger partial charge >= 0.3 is 13.7 Å². The molecule has 0 bridgehead atoms. The number of hydrogen-bond acceptors (Lipinski definition) is 4. The van der Waals surface area contributed by atoms with Crippen LogP contribution in [0.25, 0.3) is 0 Å². The van der Waals surface area contributed by atoms with Gasteiger partial charge in [0, 0.05) is 0 Å². The second kappa shape index (κ2) is 5.65. The summed E-state index contributed by atoms with van der Waals surface area (Å²) in [6, 6.07) is 0. The Morgan fingerprint density at radius 1 is 1.00 bits per heavy atom. The molecule has 0 saturated heterocycles. The van der Waals surface area contributed by atoms with Crippen LogP contribution >= 0.6 is 0 Å². The van der Waals surface area contributed by atoms with Crippen molar-refractivity contribution in [1.82, 2.24) is 14.4 Å². The normalized spacial score (nSPS) is 11.5. The van der Waals surface area contributed by atoms with Gasteiger partial charge < -0.3 is 20.1 Å². The van der Waals surface area contributed by atoms with Gasteiger partial charge in [-0.25, -0.2) is 0 Å². The van der Waals surface area contributed by atoms with Gasteiger partial charge in [0.05, 0.1) is 0 Å². The Morgan fingerprint density at radius 3 is 1.69 bits per heavy atom. The molecule has 0 aliphatic heterocycles. The van der Waals surface area contributed by atoms with Gasteiger partial charge in [0.15, 0.2) is 0 Å². The Bertz CT molecular complexity index is 142. The fourth-order valence-corrected chi connectivity index (χ4v) is 1.41. The molecular formula is C7H22B2N4. The van der Waals surface area contributed by atoms with E-state index in [2.05, 4.69) is 37.7 Å². The van der Waals surface area contributed by atoms with E-state index in [1.54, 1.807) is 0 Å². The average molecular weight is 184 g/mol. The van der Waals surface area contributed by atoms with E-state index in [-0.39, 0.29) is 13.7 Å². The van der Waals surface area contributed by atoms with Crippen LogP contribution in [-0.4, -0.2) is 70.0 Å². The zero-order valence-electron chi connectivity index (χ0n) is 9.78. The van der Waals surface area contributed by atoms with Crippen molar-refractivity contribution in [3.8, 4) is 0 Å². The molecule has 0 atom stereocenters. The first kappa shape index (κ1) is 13.0. The van der Waals surface area contributed by atoms with Gasteiger partial charge in [-0.3, -0.25) is 0 Å². The van der Waals surface area contributed by atoms with E-state index in [1.807, 2.05) is 18.9 Å². The monoisotopic (exact) mass is 184 g/mol. The third-order valence-corrected chi connectivity index (χ3v) is 2.38. The quantitative estimate of drug-likeness (QED) is 0.560. The molecular weight excluding hydrogens is 162 g/mol. The topological polar surface area (TPSA) is 35.7 Å². The second-order valence-corrected chi connectivity index (χ2v) is 3.90. The highest BCUT2D eigenvalue weighted by Gasteiger charge is 2.34. The first-order chi connectivity index (χ1) is 5.91. The smallest absolute Gasteiger partial charge is 0.312 e. The summed E-state index contributed by atoms with van der Waals surface area (Å²) in [7, 11) is 10.2. The van der Waals surface area contributed by atoms with Gasteiger partial charge in [-0.05, 0) is 41.8 Å². The lowest BCUT2D eigenvalue weighted by atomic mass is 9.32. The number of nitrogens with two attached hydrogens (primary N) is 1. The lowest BCUT2D eigenvalue weighted by Gasteiger charge is -2.33. The molecule has 4 nitrogen and oxygen atoms in total. The molecule has 0 aromatic rings. The maximum absolute atomic E-state index is 6.08. The minimum atomic E-state index is 0.0416. The predicted octanol–water partition coefficient (Wildman–Crippen LogP) is -0.925. The first-order valence-electron chi connectivity index (χ1n) is 4.70. The van der Waals surface area contributed by atoms with Crippen LogP contribution in [0.4, 0.5) is 0 Å². The summed E-state index contributed by atoms with van der Waals surface area (Å²) in [5.74, 6) is 0. The fourth-order valence-electron chi connectivity index (χ4n) is 1.41. The number of hydrogen-bond donors (Lipinski definition) is 1. The van der Waals surface area contributed by atoms with Crippen LogP contribution in [0.3, 0.4) is 0 Å². The molecule has 2 N–H and O–H groups in total. The third-order valence-electron chi connectivity index (χ3n) is 2.38. The van der Waals surface area contributed by atoms with Gasteiger partial charge in [-0.15, -0.1) is 0 Å². The average Bonchev–Trinajstić information content (AvgIpc) is 2.03. The van der Waals surface area contributed by atoms with Gasteiger partial charge in [-0.1, -0.05) is 6.92 Å². The number of rotatable bonds is 5. The minimum absolute atomic E-state index is 0.0416. The van der Waals surface area contributed by atoms with Crippen molar-refractivity contribution in [3.05, 3.63) is 0 Å². The highest BCUT2D eigenvalue weighted by molar-refractivity contribution is 7.17. The fraction of sp³-hybridized carbons (Fsp3) is 1.00. The molecule has 13 heavy (non-hydrogen) atoms. The summed E-state index contributed by atoms with van der Waals surface area (Å²) in [5.41, 5.74) is 6.08. The molecule has 0 saturated carbocycles. The van der Waals surface area contributed by atoms with Gasteiger partial charge in [0.2, 0.25) is 0 Å². The molecule has 0 rings (SSSR count). The van der Waals surface area contributed by atoms with Crippen molar-refractivity contribution in [3.63, 3.8) is 0 Å². The van der Waals surface area contributed by atoms with Crippen LogP contribution < -0.4 is 5.64 Å². The molecule has 0 aromatic heterocycles. The molecule has 0 fully saturated rings. The van der Waals surface area contributed by atoms with E-state index >= 15 is 0 Å². The summed E-state index contributed by atoms with van der Waals surface area (Å²) < 4.78 is 0. The van der Waals surface area contributed by atoms with Crippen LogP contribution in [0.2, 0.25) is 0 Å². The molecule has 0 heterocycles. The van der Waals surface area contributed by atoms with Crippen molar-refractivity contribution in [2.24, 2.45) is 5.64 Å². The van der Waals surface area contributed by atoms with Gasteiger partial charge in [0.1, 0.15) is 0 Å². The highest BCUT2D eigenvalue weighted by atomic mass is 15.2. The lowest BCUT2D eigenvalue weighted by Crippen LogP contribution is -2.67. The second-order valence-electron chi connectivity index (χ2n) is 3.90. The third kappa shape index (κ3) is 3.68. The largest absolute Gasteiger partial charge is 0.359 e. The first-order valence-corrected chi connectivity index (χ1v) is 4.70. The van der Waals surface area contributed by atoms with Gasteiger partial charge in [0.25, 0.3) is 0 Å². The van der Waals surface area contributed by atoms with E-state index in [4.69, 9.17) is 5.64 Å². The summed E-state index contributed by atoms with van der Waals surface area (Å²) in [4.78, 5) is 6.43. The maximum atomic E-state index is 6.08. The van der Waals surface area contributed by atoms with Crippen molar-refractivity contribution in [1.29, 1.82) is 0 Å². The summed E-state index contributed by atoms with van der Waals surface area (Å²) >= 11 is 0. The van der Waals surface area contributed by atoms with Crippen molar-refractivity contribution < 1.29 is 0 Å². The van der Waals surface area contributed by atoms with E-state index in [0.29, 0.717) is 0 Å². The maximum Gasteiger partial charge on any atom is 0.312 e. The summed E-state index contributed by atoms with van der Waals surface area (Å²) in [6.45, 7) is 3.45. The van der Waals surface area contributed by atoms with Crippen molar-refractivity contribution in [2.75, 3.05) is 41.8 Å². The molecule has 6 heteroatoms. The summed E-state index contributed by atoms with van der Waals surface area (Å²) in [6.07, 6.45) is 0. The Labute approximate surface area is 83.3 Å². The van der Waals surface area contributed by atoms with Crippen molar-refractivity contribution >= 4 is 13.7 Å².